The number of hydrogen-bond acceptors (Lipinski definition) is 6. The molecule has 2 amide bonds. The SMILES string of the molecule is C.C.CCNNC(=O)/C=C\O.NNC(=O)/C=C\O.[CH2-]C.[V]. The van der Waals surface area contributed by atoms with Crippen LogP contribution in [0.5, 0.6) is 0 Å². The Balaban J connectivity index is -0.0000000430. The molecule has 0 saturated heterocycles. The number of amides is 2. The number of carbonyl (C=O) groups excluding carboxylic acids is 2. The van der Waals surface area contributed by atoms with Crippen LogP contribution in [-0.2, 0) is 28.1 Å². The van der Waals surface area contributed by atoms with Crippen molar-refractivity contribution in [2.75, 3.05) is 6.54 Å². The van der Waals surface area contributed by atoms with Crippen LogP contribution in [0, 0.1) is 6.92 Å². The quantitative estimate of drug-likeness (QED) is 0.112. The minimum Gasteiger partial charge on any atom is -0.515 e. The molecule has 0 aromatic heterocycles. The summed E-state index contributed by atoms with van der Waals surface area (Å²) in [5.74, 6) is 3.71. The van der Waals surface area contributed by atoms with E-state index in [2.05, 4.69) is 23.6 Å². The van der Waals surface area contributed by atoms with E-state index in [0.29, 0.717) is 19.1 Å². The Hall–Kier alpha value is -1.48. The molecule has 0 atom stereocenters. The second-order valence-electron chi connectivity index (χ2n) is 2.16. The number of carbonyl (C=O) groups is 2. The van der Waals surface area contributed by atoms with E-state index in [4.69, 9.17) is 10.2 Å². The standard InChI is InChI=1S/C5H10N2O2.C3H6N2O2.C2H5.2CH4.V/c1-2-6-7-5(9)3-4-8;4-5-3(7)1-2-6;1-2;;;/h3-4,6,8H,2H2,1H3,(H,7,9);1-2,6H,4H2,(H,5,7);1H2,2H3;2*1H4;/q;;-1;;;/b4-3-;2-1-;;;;. The third kappa shape index (κ3) is 45.7. The van der Waals surface area contributed by atoms with Crippen molar-refractivity contribution in [2.24, 2.45) is 5.84 Å². The van der Waals surface area contributed by atoms with Crippen molar-refractivity contribution in [3.63, 3.8) is 0 Å². The Morgan fingerprint density at radius 2 is 1.48 bits per heavy atom. The molecular formula is C12H29N4O4V-. The number of aliphatic hydroxyl groups is 2. The zero-order valence-electron chi connectivity index (χ0n) is 11.0. The molecule has 0 bridgehead atoms. The Bertz CT molecular complexity index is 262. The molecule has 0 heterocycles. The van der Waals surface area contributed by atoms with Gasteiger partial charge < -0.3 is 17.1 Å². The van der Waals surface area contributed by atoms with E-state index in [9.17, 15) is 9.59 Å². The number of nitrogens with one attached hydrogen (secondary N) is 3. The normalized spacial score (nSPS) is 7.62. The summed E-state index contributed by atoms with van der Waals surface area (Å²) >= 11 is 0. The fourth-order valence-electron chi connectivity index (χ4n) is 0.401. The van der Waals surface area contributed by atoms with Gasteiger partial charge >= 0.3 is 0 Å². The van der Waals surface area contributed by atoms with Crippen molar-refractivity contribution in [2.45, 2.75) is 28.7 Å². The smallest absolute Gasteiger partial charge is 0.261 e. The molecule has 0 aliphatic heterocycles. The predicted molar refractivity (Wildman–Crippen MR) is 82.2 cm³/mol. The summed E-state index contributed by atoms with van der Waals surface area (Å²) in [6.07, 6.45) is 3.22. The second-order valence-corrected chi connectivity index (χ2v) is 2.16. The number of hydrogen-bond donors (Lipinski definition) is 6. The first kappa shape index (κ1) is 36.6. The van der Waals surface area contributed by atoms with Crippen LogP contribution in [0.3, 0.4) is 0 Å². The summed E-state index contributed by atoms with van der Waals surface area (Å²) in [7, 11) is 0. The van der Waals surface area contributed by atoms with E-state index in [0.717, 1.165) is 12.2 Å². The Kier molecular flexibility index (Phi) is 63.3. The molecule has 0 saturated carbocycles. The van der Waals surface area contributed by atoms with Crippen molar-refractivity contribution >= 4 is 11.8 Å². The summed E-state index contributed by atoms with van der Waals surface area (Å²) in [6, 6.07) is 0. The van der Waals surface area contributed by atoms with E-state index in [1.54, 1.807) is 12.3 Å². The summed E-state index contributed by atoms with van der Waals surface area (Å²) in [6.45, 7) is 7.51. The molecule has 0 aromatic rings. The molecule has 0 unspecified atom stereocenters. The van der Waals surface area contributed by atoms with Gasteiger partial charge in [0.2, 0.25) is 0 Å². The molecule has 127 valence electrons. The van der Waals surface area contributed by atoms with Gasteiger partial charge in [-0.15, -0.1) is 0 Å². The zero-order chi connectivity index (χ0) is 14.8. The topological polar surface area (TPSA) is 137 Å². The number of rotatable bonds is 4. The zero-order valence-corrected chi connectivity index (χ0v) is 12.4. The van der Waals surface area contributed by atoms with E-state index in [-0.39, 0.29) is 39.3 Å². The molecule has 8 nitrogen and oxygen atoms in total. The molecule has 1 radical (unpaired) electrons. The summed E-state index contributed by atoms with van der Waals surface area (Å²) < 4.78 is 0. The van der Waals surface area contributed by atoms with Gasteiger partial charge in [-0.25, -0.2) is 11.3 Å². The van der Waals surface area contributed by atoms with E-state index < -0.39 is 5.91 Å². The first-order chi connectivity index (χ1) is 8.62. The van der Waals surface area contributed by atoms with Crippen molar-refractivity contribution in [3.05, 3.63) is 31.6 Å². The Labute approximate surface area is 139 Å². The molecule has 0 aliphatic rings. The van der Waals surface area contributed by atoms with Gasteiger partial charge in [0.1, 0.15) is 0 Å². The largest absolute Gasteiger partial charge is 0.515 e. The molecule has 9 heteroatoms. The predicted octanol–water partition coefficient (Wildman–Crippen LogP) is 0.857. The first-order valence-corrected chi connectivity index (χ1v) is 4.98. The Morgan fingerprint density at radius 3 is 1.71 bits per heavy atom. The maximum absolute atomic E-state index is 10.4. The third-order valence-corrected chi connectivity index (χ3v) is 0.982. The number of aliphatic hydroxyl groups excluding tert-OH is 2. The molecule has 0 spiro atoms. The van der Waals surface area contributed by atoms with E-state index in [1.807, 2.05) is 6.92 Å². The van der Waals surface area contributed by atoms with Crippen LogP contribution in [-0.4, -0.2) is 28.6 Å². The Morgan fingerprint density at radius 1 is 1.10 bits per heavy atom. The van der Waals surface area contributed by atoms with Gasteiger partial charge in [-0.2, -0.15) is 6.92 Å². The monoisotopic (exact) mass is 344 g/mol. The fourth-order valence-corrected chi connectivity index (χ4v) is 0.401. The van der Waals surface area contributed by atoms with Crippen LogP contribution >= 0.6 is 0 Å². The van der Waals surface area contributed by atoms with Crippen molar-refractivity contribution in [3.8, 4) is 0 Å². The van der Waals surface area contributed by atoms with Gasteiger partial charge in [0, 0.05) is 37.3 Å². The van der Waals surface area contributed by atoms with Crippen molar-refractivity contribution in [1.29, 1.82) is 0 Å². The van der Waals surface area contributed by atoms with Crippen LogP contribution in [0.1, 0.15) is 28.7 Å². The first-order valence-electron chi connectivity index (χ1n) is 4.98. The molecule has 0 aromatic carbocycles. The van der Waals surface area contributed by atoms with Gasteiger partial charge in [-0.1, -0.05) is 21.8 Å². The van der Waals surface area contributed by atoms with Gasteiger partial charge in [0.15, 0.2) is 0 Å². The number of hydrazine groups is 2. The molecule has 21 heavy (non-hydrogen) atoms. The molecule has 0 aliphatic carbocycles. The van der Waals surface area contributed by atoms with E-state index in [1.165, 1.54) is 0 Å². The summed E-state index contributed by atoms with van der Waals surface area (Å²) in [4.78, 5) is 20.3. The summed E-state index contributed by atoms with van der Waals surface area (Å²) in [5.41, 5.74) is 6.65. The minimum atomic E-state index is -0.525. The molecule has 0 rings (SSSR count). The fraction of sp³-hybridized carbons (Fsp3) is 0.417. The maximum Gasteiger partial charge on any atom is 0.261 e. The minimum absolute atomic E-state index is 0. The van der Waals surface area contributed by atoms with Crippen LogP contribution in [0.15, 0.2) is 24.7 Å². The van der Waals surface area contributed by atoms with Crippen LogP contribution in [0.25, 0.3) is 0 Å². The van der Waals surface area contributed by atoms with Crippen molar-refractivity contribution < 1.29 is 38.4 Å². The summed E-state index contributed by atoms with van der Waals surface area (Å²) in [5, 5.41) is 15.9. The van der Waals surface area contributed by atoms with Gasteiger partial charge in [-0.05, 0) is 0 Å². The molecular weight excluding hydrogens is 315 g/mol. The van der Waals surface area contributed by atoms with Crippen LogP contribution in [0.2, 0.25) is 0 Å². The second kappa shape index (κ2) is 36.3. The van der Waals surface area contributed by atoms with Crippen LogP contribution < -0.4 is 22.1 Å². The van der Waals surface area contributed by atoms with Gasteiger partial charge in [0.05, 0.1) is 12.5 Å². The van der Waals surface area contributed by atoms with E-state index >= 15 is 0 Å². The molecule has 0 fully saturated rings. The van der Waals surface area contributed by atoms with Gasteiger partial charge in [0.25, 0.3) is 11.8 Å². The maximum atomic E-state index is 10.4. The van der Waals surface area contributed by atoms with Gasteiger partial charge in [-0.3, -0.25) is 20.4 Å². The average Bonchev–Trinajstić information content (AvgIpc) is 2.40. The van der Waals surface area contributed by atoms with Crippen molar-refractivity contribution in [1.82, 2.24) is 16.3 Å². The van der Waals surface area contributed by atoms with Crippen LogP contribution in [0.4, 0.5) is 0 Å². The third-order valence-electron chi connectivity index (χ3n) is 0.982. The average molecular weight is 344 g/mol. The molecule has 7 N–H and O–H groups in total. The number of nitrogens with two attached hydrogens (primary N) is 1.